The number of anilines is 1. The summed E-state index contributed by atoms with van der Waals surface area (Å²) in [6.07, 6.45) is -5.73. The molecule has 0 spiro atoms. The monoisotopic (exact) mass is 303 g/mol. The Morgan fingerprint density at radius 1 is 1.39 bits per heavy atom. The molecular weight excluding hydrogens is 294 g/mol. The molecule has 0 saturated carbocycles. The van der Waals surface area contributed by atoms with Crippen molar-refractivity contribution in [3.8, 4) is 5.75 Å². The Kier molecular flexibility index (Phi) is 5.37. The third-order valence-electron chi connectivity index (χ3n) is 1.89. The number of para-hydroxylation sites is 1. The lowest BCUT2D eigenvalue weighted by Gasteiger charge is -2.16. The second-order valence-corrected chi connectivity index (χ2v) is 4.07. The summed E-state index contributed by atoms with van der Waals surface area (Å²) in [6, 6.07) is 4.08. The van der Waals surface area contributed by atoms with Crippen molar-refractivity contribution >= 4 is 28.9 Å². The zero-order valence-electron chi connectivity index (χ0n) is 8.97. The normalized spacial score (nSPS) is 13.2. The molecule has 2 N–H and O–H groups in total. The highest BCUT2D eigenvalue weighted by atomic mass is 35.5. The van der Waals surface area contributed by atoms with E-state index in [0.717, 1.165) is 0 Å². The minimum absolute atomic E-state index is 0.0158. The number of nitrogens with one attached hydrogen (secondary N) is 1. The van der Waals surface area contributed by atoms with Gasteiger partial charge in [0.05, 0.1) is 22.7 Å². The highest BCUT2D eigenvalue weighted by Gasteiger charge is 2.33. The molecule has 1 rings (SSSR count). The van der Waals surface area contributed by atoms with Gasteiger partial charge in [0, 0.05) is 6.54 Å². The first-order valence-corrected chi connectivity index (χ1v) is 5.77. The number of aliphatic hydroxyl groups excluding tert-OH is 1. The van der Waals surface area contributed by atoms with Crippen molar-refractivity contribution in [2.24, 2.45) is 0 Å². The maximum Gasteiger partial charge on any atom is 0.573 e. The van der Waals surface area contributed by atoms with E-state index in [2.05, 4.69) is 10.1 Å². The zero-order chi connectivity index (χ0) is 13.8. The summed E-state index contributed by atoms with van der Waals surface area (Å²) in [4.78, 5) is 0. The SMILES string of the molecule is OC(CCl)CNc1cccc(Cl)c1OC(F)(F)F. The standard InChI is InChI=1S/C10H10Cl2F3NO2/c11-4-6(17)5-16-8-3-1-2-7(12)9(8)18-10(13,14)15/h1-3,6,16-17H,4-5H2. The maximum absolute atomic E-state index is 12.2. The molecule has 1 aromatic carbocycles. The van der Waals surface area contributed by atoms with E-state index in [0.29, 0.717) is 0 Å². The molecule has 0 saturated heterocycles. The Morgan fingerprint density at radius 3 is 2.61 bits per heavy atom. The Labute approximate surface area is 111 Å². The van der Waals surface area contributed by atoms with Crippen molar-refractivity contribution < 1.29 is 23.0 Å². The molecule has 1 atom stereocenters. The summed E-state index contributed by atoms with van der Waals surface area (Å²) in [7, 11) is 0. The van der Waals surface area contributed by atoms with Gasteiger partial charge in [-0.25, -0.2) is 0 Å². The molecule has 1 aromatic rings. The van der Waals surface area contributed by atoms with E-state index < -0.39 is 18.2 Å². The van der Waals surface area contributed by atoms with E-state index in [1.54, 1.807) is 0 Å². The van der Waals surface area contributed by atoms with Gasteiger partial charge in [0.1, 0.15) is 0 Å². The van der Waals surface area contributed by atoms with Crippen LogP contribution in [0, 0.1) is 0 Å². The van der Waals surface area contributed by atoms with E-state index in [1.165, 1.54) is 18.2 Å². The van der Waals surface area contributed by atoms with Crippen molar-refractivity contribution in [2.45, 2.75) is 12.5 Å². The average Bonchev–Trinajstić information content (AvgIpc) is 2.28. The van der Waals surface area contributed by atoms with Gasteiger partial charge in [0.15, 0.2) is 5.75 Å². The zero-order valence-corrected chi connectivity index (χ0v) is 10.5. The van der Waals surface area contributed by atoms with Crippen molar-refractivity contribution in [2.75, 3.05) is 17.7 Å². The van der Waals surface area contributed by atoms with Crippen LogP contribution in [0.1, 0.15) is 0 Å². The Balaban J connectivity index is 2.87. The van der Waals surface area contributed by atoms with Crippen LogP contribution in [0.3, 0.4) is 0 Å². The van der Waals surface area contributed by atoms with Crippen LogP contribution in [0.25, 0.3) is 0 Å². The summed E-state index contributed by atoms with van der Waals surface area (Å²) >= 11 is 11.0. The van der Waals surface area contributed by atoms with E-state index in [1.807, 2.05) is 0 Å². The number of hydrogen-bond donors (Lipinski definition) is 2. The van der Waals surface area contributed by atoms with Gasteiger partial charge in [0.2, 0.25) is 0 Å². The first-order chi connectivity index (χ1) is 8.33. The smallest absolute Gasteiger partial charge is 0.402 e. The second-order valence-electron chi connectivity index (χ2n) is 3.35. The quantitative estimate of drug-likeness (QED) is 0.821. The van der Waals surface area contributed by atoms with Gasteiger partial charge < -0.3 is 15.2 Å². The molecule has 0 bridgehead atoms. The lowest BCUT2D eigenvalue weighted by atomic mass is 10.2. The predicted octanol–water partition coefficient (Wildman–Crippen LogP) is 3.25. The number of hydrogen-bond acceptors (Lipinski definition) is 3. The third kappa shape index (κ3) is 4.80. The van der Waals surface area contributed by atoms with Crippen molar-refractivity contribution in [3.63, 3.8) is 0 Å². The van der Waals surface area contributed by atoms with Gasteiger partial charge in [-0.15, -0.1) is 24.8 Å². The third-order valence-corrected chi connectivity index (χ3v) is 2.54. The molecule has 0 aliphatic carbocycles. The molecule has 0 fully saturated rings. The van der Waals surface area contributed by atoms with Gasteiger partial charge in [-0.05, 0) is 12.1 Å². The highest BCUT2D eigenvalue weighted by Crippen LogP contribution is 2.36. The van der Waals surface area contributed by atoms with Crippen molar-refractivity contribution in [3.05, 3.63) is 23.2 Å². The molecule has 3 nitrogen and oxygen atoms in total. The van der Waals surface area contributed by atoms with Crippen LogP contribution in [0.2, 0.25) is 5.02 Å². The minimum atomic E-state index is -4.84. The lowest BCUT2D eigenvalue weighted by Crippen LogP contribution is -2.22. The molecule has 0 aromatic heterocycles. The van der Waals surface area contributed by atoms with Gasteiger partial charge in [-0.1, -0.05) is 17.7 Å². The molecule has 0 aliphatic heterocycles. The number of halogens is 5. The van der Waals surface area contributed by atoms with E-state index in [4.69, 9.17) is 23.2 Å². The van der Waals surface area contributed by atoms with Crippen molar-refractivity contribution in [1.29, 1.82) is 0 Å². The molecule has 18 heavy (non-hydrogen) atoms. The first-order valence-electron chi connectivity index (χ1n) is 4.85. The van der Waals surface area contributed by atoms with Crippen molar-refractivity contribution in [1.82, 2.24) is 0 Å². The lowest BCUT2D eigenvalue weighted by molar-refractivity contribution is -0.274. The number of rotatable bonds is 5. The summed E-state index contributed by atoms with van der Waals surface area (Å²) in [5, 5.41) is 11.6. The Bertz CT molecular complexity index is 401. The fourth-order valence-electron chi connectivity index (χ4n) is 1.15. The summed E-state index contributed by atoms with van der Waals surface area (Å²) in [5.41, 5.74) is 0.0315. The van der Waals surface area contributed by atoms with E-state index in [-0.39, 0.29) is 23.1 Å². The molecular formula is C10H10Cl2F3NO2. The topological polar surface area (TPSA) is 41.5 Å². The fourth-order valence-corrected chi connectivity index (χ4v) is 1.47. The minimum Gasteiger partial charge on any atom is -0.402 e. The van der Waals surface area contributed by atoms with Gasteiger partial charge in [-0.2, -0.15) is 0 Å². The van der Waals surface area contributed by atoms with Crippen LogP contribution < -0.4 is 10.1 Å². The van der Waals surface area contributed by atoms with Crippen LogP contribution in [0.4, 0.5) is 18.9 Å². The van der Waals surface area contributed by atoms with Gasteiger partial charge >= 0.3 is 6.36 Å². The fraction of sp³-hybridized carbons (Fsp3) is 0.400. The van der Waals surface area contributed by atoms with E-state index >= 15 is 0 Å². The maximum atomic E-state index is 12.2. The highest BCUT2D eigenvalue weighted by molar-refractivity contribution is 6.32. The second kappa shape index (κ2) is 6.36. The average molecular weight is 304 g/mol. The molecule has 8 heteroatoms. The molecule has 0 aliphatic rings. The number of benzene rings is 1. The Hall–Kier alpha value is -0.850. The van der Waals surface area contributed by atoms with Crippen LogP contribution in [0.15, 0.2) is 18.2 Å². The molecule has 0 heterocycles. The summed E-state index contributed by atoms with van der Waals surface area (Å²) in [6.45, 7) is -0.0158. The molecule has 0 amide bonds. The van der Waals surface area contributed by atoms with E-state index in [9.17, 15) is 18.3 Å². The molecule has 102 valence electrons. The number of ether oxygens (including phenoxy) is 1. The first kappa shape index (κ1) is 15.2. The largest absolute Gasteiger partial charge is 0.573 e. The number of alkyl halides is 4. The van der Waals surface area contributed by atoms with Gasteiger partial charge in [0.25, 0.3) is 0 Å². The van der Waals surface area contributed by atoms with Gasteiger partial charge in [-0.3, -0.25) is 0 Å². The van der Waals surface area contributed by atoms with Crippen LogP contribution in [-0.4, -0.2) is 30.0 Å². The number of aliphatic hydroxyl groups is 1. The molecule has 0 radical (unpaired) electrons. The van der Waals surface area contributed by atoms with Crippen LogP contribution >= 0.6 is 23.2 Å². The van der Waals surface area contributed by atoms with Crippen LogP contribution in [-0.2, 0) is 0 Å². The van der Waals surface area contributed by atoms with Crippen LogP contribution in [0.5, 0.6) is 5.75 Å². The predicted molar refractivity (Wildman–Crippen MR) is 63.4 cm³/mol. The summed E-state index contributed by atoms with van der Waals surface area (Å²) in [5.74, 6) is -0.573. The summed E-state index contributed by atoms with van der Waals surface area (Å²) < 4.78 is 40.4. The molecule has 1 unspecified atom stereocenters. The Morgan fingerprint density at radius 2 is 2.06 bits per heavy atom.